The van der Waals surface area contributed by atoms with Gasteiger partial charge in [-0.2, -0.15) is 0 Å². The van der Waals surface area contributed by atoms with Crippen LogP contribution in [0.3, 0.4) is 0 Å². The summed E-state index contributed by atoms with van der Waals surface area (Å²) >= 11 is 0. The average molecular weight is 321 g/mol. The smallest absolute Gasteiger partial charge is 0.251 e. The summed E-state index contributed by atoms with van der Waals surface area (Å²) in [5, 5.41) is 23.8. The molecule has 0 aliphatic carbocycles. The SMILES string of the molecule is O=C(N[C@H](CO)Cc1ccc(O)cc1)c1ccc2ccccc2c1. The highest BCUT2D eigenvalue weighted by Gasteiger charge is 2.14. The zero-order chi connectivity index (χ0) is 16.9. The fourth-order valence-electron chi connectivity index (χ4n) is 2.68. The van der Waals surface area contributed by atoms with Crippen molar-refractivity contribution in [3.8, 4) is 5.75 Å². The molecule has 0 fully saturated rings. The van der Waals surface area contributed by atoms with E-state index in [0.29, 0.717) is 12.0 Å². The van der Waals surface area contributed by atoms with Gasteiger partial charge in [0, 0.05) is 5.56 Å². The molecule has 0 aliphatic heterocycles. The van der Waals surface area contributed by atoms with Crippen LogP contribution in [0.2, 0.25) is 0 Å². The molecule has 4 heteroatoms. The number of nitrogens with one attached hydrogen (secondary N) is 1. The van der Waals surface area contributed by atoms with Gasteiger partial charge in [0.2, 0.25) is 0 Å². The van der Waals surface area contributed by atoms with E-state index in [-0.39, 0.29) is 24.3 Å². The first-order chi connectivity index (χ1) is 11.7. The van der Waals surface area contributed by atoms with E-state index >= 15 is 0 Å². The number of carbonyl (C=O) groups excluding carboxylic acids is 1. The third kappa shape index (κ3) is 3.73. The van der Waals surface area contributed by atoms with Crippen molar-refractivity contribution in [2.45, 2.75) is 12.5 Å². The van der Waals surface area contributed by atoms with E-state index in [0.717, 1.165) is 16.3 Å². The van der Waals surface area contributed by atoms with Crippen LogP contribution in [0.15, 0.2) is 66.7 Å². The molecule has 3 aromatic rings. The number of carbonyl (C=O) groups is 1. The Labute approximate surface area is 140 Å². The molecule has 0 heterocycles. The van der Waals surface area contributed by atoms with Gasteiger partial charge in [0.25, 0.3) is 5.91 Å². The minimum atomic E-state index is -0.381. The zero-order valence-corrected chi connectivity index (χ0v) is 13.1. The summed E-state index contributed by atoms with van der Waals surface area (Å²) in [4.78, 5) is 12.4. The van der Waals surface area contributed by atoms with Crippen LogP contribution in [-0.4, -0.2) is 28.8 Å². The molecule has 0 radical (unpaired) electrons. The van der Waals surface area contributed by atoms with Gasteiger partial charge in [-0.05, 0) is 47.0 Å². The topological polar surface area (TPSA) is 69.6 Å². The normalized spacial score (nSPS) is 12.0. The minimum Gasteiger partial charge on any atom is -0.508 e. The summed E-state index contributed by atoms with van der Waals surface area (Å²) in [5.74, 6) is -0.0157. The lowest BCUT2D eigenvalue weighted by molar-refractivity contribution is 0.0916. The molecule has 0 aliphatic rings. The van der Waals surface area contributed by atoms with Gasteiger partial charge >= 0.3 is 0 Å². The van der Waals surface area contributed by atoms with E-state index in [2.05, 4.69) is 5.32 Å². The van der Waals surface area contributed by atoms with E-state index < -0.39 is 0 Å². The number of phenolic OH excluding ortho intramolecular Hbond substituents is 1. The number of phenols is 1. The van der Waals surface area contributed by atoms with Crippen LogP contribution in [0.25, 0.3) is 10.8 Å². The standard InChI is InChI=1S/C20H19NO3/c22-13-18(11-14-5-9-19(23)10-6-14)21-20(24)17-8-7-15-3-1-2-4-16(15)12-17/h1-10,12,18,22-23H,11,13H2,(H,21,24)/t18-/m0/s1. The predicted octanol–water partition coefficient (Wildman–Crippen LogP) is 2.88. The summed E-state index contributed by atoms with van der Waals surface area (Å²) in [6.07, 6.45) is 0.496. The molecule has 1 atom stereocenters. The Balaban J connectivity index is 1.72. The maximum atomic E-state index is 12.4. The van der Waals surface area contributed by atoms with Gasteiger partial charge in [-0.3, -0.25) is 4.79 Å². The quantitative estimate of drug-likeness (QED) is 0.677. The fraction of sp³-hybridized carbons (Fsp3) is 0.150. The van der Waals surface area contributed by atoms with E-state index in [9.17, 15) is 15.0 Å². The number of benzene rings is 3. The van der Waals surface area contributed by atoms with Crippen molar-refractivity contribution in [2.75, 3.05) is 6.61 Å². The Bertz CT molecular complexity index is 843. The third-order valence-electron chi connectivity index (χ3n) is 3.99. The number of fused-ring (bicyclic) bond motifs is 1. The third-order valence-corrected chi connectivity index (χ3v) is 3.99. The summed E-state index contributed by atoms with van der Waals surface area (Å²) in [6, 6.07) is 19.8. The van der Waals surface area contributed by atoms with Crippen LogP contribution in [0.1, 0.15) is 15.9 Å². The number of hydrogen-bond donors (Lipinski definition) is 3. The van der Waals surface area contributed by atoms with Crippen molar-refractivity contribution in [1.29, 1.82) is 0 Å². The molecule has 3 N–H and O–H groups in total. The Kier molecular flexibility index (Phi) is 4.77. The maximum Gasteiger partial charge on any atom is 0.251 e. The van der Waals surface area contributed by atoms with Gasteiger partial charge in [-0.25, -0.2) is 0 Å². The number of aliphatic hydroxyl groups is 1. The highest BCUT2D eigenvalue weighted by Crippen LogP contribution is 2.16. The van der Waals surface area contributed by atoms with Crippen molar-refractivity contribution >= 4 is 16.7 Å². The Morgan fingerprint density at radius 2 is 1.67 bits per heavy atom. The molecule has 3 aromatic carbocycles. The monoisotopic (exact) mass is 321 g/mol. The number of aromatic hydroxyl groups is 1. The number of aliphatic hydroxyl groups excluding tert-OH is 1. The van der Waals surface area contributed by atoms with E-state index in [4.69, 9.17) is 0 Å². The van der Waals surface area contributed by atoms with E-state index in [1.807, 2.05) is 36.4 Å². The lowest BCUT2D eigenvalue weighted by Gasteiger charge is -2.17. The first-order valence-corrected chi connectivity index (χ1v) is 7.84. The molecule has 0 aromatic heterocycles. The minimum absolute atomic E-state index is 0.153. The molecule has 0 saturated carbocycles. The number of amides is 1. The fourth-order valence-corrected chi connectivity index (χ4v) is 2.68. The molecule has 0 bridgehead atoms. The molecule has 0 saturated heterocycles. The van der Waals surface area contributed by atoms with Crippen LogP contribution in [0, 0.1) is 0 Å². The van der Waals surface area contributed by atoms with E-state index in [1.165, 1.54) is 0 Å². The first kappa shape index (κ1) is 16.0. The molecular weight excluding hydrogens is 302 g/mol. The molecule has 122 valence electrons. The van der Waals surface area contributed by atoms with Crippen LogP contribution in [-0.2, 0) is 6.42 Å². The van der Waals surface area contributed by atoms with Crippen molar-refractivity contribution in [3.05, 3.63) is 77.9 Å². The highest BCUT2D eigenvalue weighted by atomic mass is 16.3. The molecule has 3 rings (SSSR count). The highest BCUT2D eigenvalue weighted by molar-refractivity contribution is 5.98. The Hall–Kier alpha value is -2.85. The lowest BCUT2D eigenvalue weighted by atomic mass is 10.0. The van der Waals surface area contributed by atoms with Crippen molar-refractivity contribution in [2.24, 2.45) is 0 Å². The van der Waals surface area contributed by atoms with Crippen molar-refractivity contribution < 1.29 is 15.0 Å². The average Bonchev–Trinajstić information content (AvgIpc) is 2.62. The van der Waals surface area contributed by atoms with Crippen molar-refractivity contribution in [1.82, 2.24) is 5.32 Å². The van der Waals surface area contributed by atoms with Gasteiger partial charge in [0.05, 0.1) is 12.6 Å². The molecule has 1 amide bonds. The van der Waals surface area contributed by atoms with Crippen LogP contribution >= 0.6 is 0 Å². The van der Waals surface area contributed by atoms with Gasteiger partial charge in [-0.15, -0.1) is 0 Å². The number of rotatable bonds is 5. The van der Waals surface area contributed by atoms with Gasteiger partial charge in [0.15, 0.2) is 0 Å². The molecule has 0 spiro atoms. The lowest BCUT2D eigenvalue weighted by Crippen LogP contribution is -2.39. The van der Waals surface area contributed by atoms with Crippen LogP contribution in [0.5, 0.6) is 5.75 Å². The van der Waals surface area contributed by atoms with Crippen LogP contribution < -0.4 is 5.32 Å². The molecule has 4 nitrogen and oxygen atoms in total. The maximum absolute atomic E-state index is 12.4. The van der Waals surface area contributed by atoms with Gasteiger partial charge in [0.1, 0.15) is 5.75 Å². The second-order valence-corrected chi connectivity index (χ2v) is 5.79. The zero-order valence-electron chi connectivity index (χ0n) is 13.1. The Morgan fingerprint density at radius 1 is 0.958 bits per heavy atom. The molecule has 0 unspecified atom stereocenters. The summed E-state index contributed by atoms with van der Waals surface area (Å²) in [7, 11) is 0. The number of hydrogen-bond acceptors (Lipinski definition) is 3. The predicted molar refractivity (Wildman–Crippen MR) is 94.1 cm³/mol. The molecule has 24 heavy (non-hydrogen) atoms. The summed E-state index contributed by atoms with van der Waals surface area (Å²) in [6.45, 7) is -0.153. The first-order valence-electron chi connectivity index (χ1n) is 7.84. The van der Waals surface area contributed by atoms with Gasteiger partial charge in [-0.1, -0.05) is 42.5 Å². The van der Waals surface area contributed by atoms with Crippen molar-refractivity contribution in [3.63, 3.8) is 0 Å². The summed E-state index contributed by atoms with van der Waals surface area (Å²) < 4.78 is 0. The Morgan fingerprint density at radius 3 is 2.38 bits per heavy atom. The summed E-state index contributed by atoms with van der Waals surface area (Å²) in [5.41, 5.74) is 1.50. The van der Waals surface area contributed by atoms with Gasteiger partial charge < -0.3 is 15.5 Å². The van der Waals surface area contributed by atoms with E-state index in [1.54, 1.807) is 30.3 Å². The van der Waals surface area contributed by atoms with Crippen LogP contribution in [0.4, 0.5) is 0 Å². The second kappa shape index (κ2) is 7.15. The molecular formula is C20H19NO3. The largest absolute Gasteiger partial charge is 0.508 e. The second-order valence-electron chi connectivity index (χ2n) is 5.79.